The van der Waals surface area contributed by atoms with Gasteiger partial charge in [-0.2, -0.15) is 0 Å². The van der Waals surface area contributed by atoms with Crippen molar-refractivity contribution in [3.8, 4) is 0 Å². The Kier molecular flexibility index (Phi) is 25.5. The second-order valence-electron chi connectivity index (χ2n) is 5.60. The molecular weight excluding hydrogens is 243 g/mol. The summed E-state index contributed by atoms with van der Waals surface area (Å²) in [7, 11) is 0. The molecule has 0 saturated carbocycles. The summed E-state index contributed by atoms with van der Waals surface area (Å²) in [4.78, 5) is 0. The minimum atomic E-state index is 0. The monoisotopic (exact) mass is 280 g/mol. The Morgan fingerprint density at radius 2 is 0.556 bits per heavy atom. The summed E-state index contributed by atoms with van der Waals surface area (Å²) in [5, 5.41) is 0. The first-order valence-electron chi connectivity index (χ1n) is 8.41. The van der Waals surface area contributed by atoms with Crippen LogP contribution in [0.5, 0.6) is 0 Å². The maximum Gasteiger partial charge on any atom is 1.00 e. The zero-order valence-electron chi connectivity index (χ0n) is 14.6. The van der Waals surface area contributed by atoms with E-state index in [-0.39, 0.29) is 52.8 Å². The molecule has 0 aliphatic carbocycles. The Bertz CT molecular complexity index is 114. The molecule has 0 amide bonds. The van der Waals surface area contributed by atoms with Crippen LogP contribution in [0.15, 0.2) is 0 Å². The van der Waals surface area contributed by atoms with E-state index in [1.807, 2.05) is 0 Å². The normalized spacial score (nSPS) is 10.3. The van der Waals surface area contributed by atoms with Gasteiger partial charge in [0, 0.05) is 0 Å². The maximum absolute atomic E-state index is 2.29. The van der Waals surface area contributed by atoms with Crippen molar-refractivity contribution in [2.24, 2.45) is 0 Å². The van der Waals surface area contributed by atoms with Gasteiger partial charge in [0.25, 0.3) is 0 Å². The fourth-order valence-corrected chi connectivity index (χ4v) is 2.44. The molecule has 0 aliphatic heterocycles. The van der Waals surface area contributed by atoms with Crippen LogP contribution in [-0.2, 0) is 0 Å². The summed E-state index contributed by atoms with van der Waals surface area (Å²) in [6, 6.07) is 0. The molecule has 0 spiro atoms. The number of rotatable bonds is 14. The Balaban J connectivity index is -0.00000128. The Morgan fingerprint density at radius 3 is 0.722 bits per heavy atom. The van der Waals surface area contributed by atoms with Gasteiger partial charge in [0.1, 0.15) is 0 Å². The van der Waals surface area contributed by atoms with Gasteiger partial charge < -0.3 is 1.43 Å². The van der Waals surface area contributed by atoms with Gasteiger partial charge in [0.05, 0.1) is 0 Å². The van der Waals surface area contributed by atoms with E-state index in [2.05, 4.69) is 13.8 Å². The maximum atomic E-state index is 2.29. The van der Waals surface area contributed by atoms with Gasteiger partial charge >= 0.3 is 51.4 Å². The smallest absolute Gasteiger partial charge is 1.00 e. The van der Waals surface area contributed by atoms with Crippen LogP contribution in [-0.4, -0.2) is 0 Å². The van der Waals surface area contributed by atoms with Gasteiger partial charge in [-0.25, -0.2) is 0 Å². The van der Waals surface area contributed by atoms with Crippen LogP contribution >= 0.6 is 0 Å². The van der Waals surface area contributed by atoms with Crippen LogP contribution in [0.25, 0.3) is 0 Å². The van der Waals surface area contributed by atoms with Crippen molar-refractivity contribution in [1.82, 2.24) is 0 Å². The molecule has 0 N–H and O–H groups in total. The van der Waals surface area contributed by atoms with Gasteiger partial charge in [-0.1, -0.05) is 110 Å². The third-order valence-corrected chi connectivity index (χ3v) is 3.71. The van der Waals surface area contributed by atoms with Gasteiger partial charge in [0.15, 0.2) is 0 Å². The van der Waals surface area contributed by atoms with E-state index in [1.54, 1.807) is 0 Å². The molecule has 0 aromatic carbocycles. The number of hydrogen-bond donors (Lipinski definition) is 0. The predicted molar refractivity (Wildman–Crippen MR) is 81.7 cm³/mol. The van der Waals surface area contributed by atoms with Crippen molar-refractivity contribution in [1.29, 1.82) is 0 Å². The van der Waals surface area contributed by atoms with E-state index in [9.17, 15) is 0 Å². The molecule has 18 heavy (non-hydrogen) atoms. The molecule has 0 aliphatic rings. The Morgan fingerprint density at radius 1 is 0.389 bits per heavy atom. The van der Waals surface area contributed by atoms with Gasteiger partial charge in [-0.15, -0.1) is 0 Å². The standard InChI is InChI=1S/C17H36.K.H/c1-3-5-7-9-11-13-15-17-16-14-12-10-8-6-4-2;;/h3-17H2,1-2H3;;/q;+1;-1. The molecule has 0 atom stereocenters. The summed E-state index contributed by atoms with van der Waals surface area (Å²) in [5.74, 6) is 0. The van der Waals surface area contributed by atoms with E-state index in [0.717, 1.165) is 0 Å². The first kappa shape index (κ1) is 21.9. The van der Waals surface area contributed by atoms with Crippen LogP contribution < -0.4 is 51.4 Å². The van der Waals surface area contributed by atoms with E-state index in [1.165, 1.54) is 96.3 Å². The second kappa shape index (κ2) is 20.9. The third kappa shape index (κ3) is 20.0. The Hall–Kier alpha value is 1.64. The van der Waals surface area contributed by atoms with Crippen LogP contribution in [0.3, 0.4) is 0 Å². The third-order valence-electron chi connectivity index (χ3n) is 3.71. The van der Waals surface area contributed by atoms with E-state index < -0.39 is 0 Å². The summed E-state index contributed by atoms with van der Waals surface area (Å²) in [6.07, 6.45) is 21.9. The van der Waals surface area contributed by atoms with E-state index in [4.69, 9.17) is 0 Å². The number of unbranched alkanes of at least 4 members (excludes halogenated alkanes) is 14. The molecule has 106 valence electrons. The molecular formula is C17H37K. The van der Waals surface area contributed by atoms with E-state index >= 15 is 0 Å². The average molecular weight is 281 g/mol. The minimum Gasteiger partial charge on any atom is -1.00 e. The molecule has 0 unspecified atom stereocenters. The topological polar surface area (TPSA) is 0 Å². The molecule has 0 bridgehead atoms. The van der Waals surface area contributed by atoms with Gasteiger partial charge in [0.2, 0.25) is 0 Å². The van der Waals surface area contributed by atoms with Crippen molar-refractivity contribution in [3.63, 3.8) is 0 Å². The van der Waals surface area contributed by atoms with Crippen LogP contribution in [0.1, 0.15) is 112 Å². The fraction of sp³-hybridized carbons (Fsp3) is 1.00. The summed E-state index contributed by atoms with van der Waals surface area (Å²) in [6.45, 7) is 4.58. The molecule has 0 aromatic rings. The quantitative estimate of drug-likeness (QED) is 0.333. The summed E-state index contributed by atoms with van der Waals surface area (Å²) < 4.78 is 0. The first-order chi connectivity index (χ1) is 8.41. The molecule has 0 aromatic heterocycles. The average Bonchev–Trinajstić information content (AvgIpc) is 2.35. The predicted octanol–water partition coefficient (Wildman–Crippen LogP) is 3.99. The van der Waals surface area contributed by atoms with Crippen molar-refractivity contribution in [3.05, 3.63) is 0 Å². The van der Waals surface area contributed by atoms with E-state index in [0.29, 0.717) is 0 Å². The fourth-order valence-electron chi connectivity index (χ4n) is 2.44. The molecule has 0 fully saturated rings. The molecule has 0 radical (unpaired) electrons. The van der Waals surface area contributed by atoms with Gasteiger partial charge in [-0.05, 0) is 0 Å². The first-order valence-corrected chi connectivity index (χ1v) is 8.41. The molecule has 0 saturated heterocycles. The SMILES string of the molecule is CCCCCCCCCCCCCCCCC.[H-].[K+]. The molecule has 0 nitrogen and oxygen atoms in total. The van der Waals surface area contributed by atoms with Crippen molar-refractivity contribution in [2.75, 3.05) is 0 Å². The molecule has 1 heteroatoms. The van der Waals surface area contributed by atoms with Crippen LogP contribution in [0.4, 0.5) is 0 Å². The number of hydrogen-bond acceptors (Lipinski definition) is 0. The zero-order chi connectivity index (χ0) is 12.6. The summed E-state index contributed by atoms with van der Waals surface area (Å²) in [5.41, 5.74) is 0. The zero-order valence-corrected chi connectivity index (χ0v) is 16.7. The minimum absolute atomic E-state index is 0. The molecule has 0 heterocycles. The second-order valence-corrected chi connectivity index (χ2v) is 5.60. The van der Waals surface area contributed by atoms with Crippen molar-refractivity contribution >= 4 is 0 Å². The van der Waals surface area contributed by atoms with Gasteiger partial charge in [-0.3, -0.25) is 0 Å². The summed E-state index contributed by atoms with van der Waals surface area (Å²) >= 11 is 0. The van der Waals surface area contributed by atoms with Crippen molar-refractivity contribution < 1.29 is 52.8 Å². The van der Waals surface area contributed by atoms with Crippen molar-refractivity contribution in [2.45, 2.75) is 110 Å². The largest absolute Gasteiger partial charge is 1.00 e. The van der Waals surface area contributed by atoms with Crippen LogP contribution in [0.2, 0.25) is 0 Å². The Labute approximate surface area is 161 Å². The van der Waals surface area contributed by atoms with Crippen LogP contribution in [0, 0.1) is 0 Å². The molecule has 0 rings (SSSR count).